The van der Waals surface area contributed by atoms with E-state index in [1.807, 2.05) is 17.8 Å². The number of halogens is 1. The Morgan fingerprint density at radius 1 is 1.35 bits per heavy atom. The van der Waals surface area contributed by atoms with Gasteiger partial charge in [0, 0.05) is 17.0 Å². The number of thioether (sulfide) groups is 1. The van der Waals surface area contributed by atoms with Crippen molar-refractivity contribution in [1.29, 1.82) is 0 Å². The smallest absolute Gasteiger partial charge is 0.123 e. The molecular formula is C14H18FNS. The van der Waals surface area contributed by atoms with Crippen molar-refractivity contribution >= 4 is 11.8 Å². The zero-order chi connectivity index (χ0) is 11.8. The summed E-state index contributed by atoms with van der Waals surface area (Å²) in [5.74, 6) is 1.89. The topological polar surface area (TPSA) is 12.0 Å². The maximum absolute atomic E-state index is 13.3. The van der Waals surface area contributed by atoms with Crippen LogP contribution in [0, 0.1) is 11.7 Å². The Bertz CT molecular complexity index is 415. The van der Waals surface area contributed by atoms with Crippen LogP contribution in [0.15, 0.2) is 23.1 Å². The molecule has 1 aromatic carbocycles. The van der Waals surface area contributed by atoms with Gasteiger partial charge in [-0.25, -0.2) is 4.39 Å². The Labute approximate surface area is 106 Å². The van der Waals surface area contributed by atoms with Crippen molar-refractivity contribution < 1.29 is 4.39 Å². The molecule has 1 aromatic rings. The zero-order valence-corrected chi connectivity index (χ0v) is 10.9. The second-order valence-corrected chi connectivity index (χ2v) is 6.45. The molecule has 1 atom stereocenters. The summed E-state index contributed by atoms with van der Waals surface area (Å²) in [5.41, 5.74) is 1.17. The summed E-state index contributed by atoms with van der Waals surface area (Å²) in [6.45, 7) is 2.29. The maximum atomic E-state index is 13.3. The second-order valence-electron chi connectivity index (χ2n) is 5.31. The molecule has 1 fully saturated rings. The van der Waals surface area contributed by atoms with E-state index in [9.17, 15) is 4.39 Å². The van der Waals surface area contributed by atoms with E-state index in [4.69, 9.17) is 0 Å². The van der Waals surface area contributed by atoms with E-state index in [2.05, 4.69) is 12.2 Å². The molecule has 2 aliphatic rings. The predicted octanol–water partition coefficient (Wildman–Crippen LogP) is 3.75. The normalized spacial score (nSPS) is 31.8. The molecule has 1 unspecified atom stereocenters. The highest BCUT2D eigenvalue weighted by Crippen LogP contribution is 2.38. The molecule has 3 rings (SSSR count). The summed E-state index contributed by atoms with van der Waals surface area (Å²) < 4.78 is 13.3. The highest BCUT2D eigenvalue weighted by Gasteiger charge is 2.29. The lowest BCUT2D eigenvalue weighted by molar-refractivity contribution is 0.219. The van der Waals surface area contributed by atoms with Crippen molar-refractivity contribution in [2.45, 2.75) is 43.2 Å². The van der Waals surface area contributed by atoms with Gasteiger partial charge in [-0.3, -0.25) is 0 Å². The van der Waals surface area contributed by atoms with Crippen molar-refractivity contribution in [3.8, 4) is 0 Å². The molecule has 1 aliphatic carbocycles. The minimum atomic E-state index is -0.111. The van der Waals surface area contributed by atoms with Gasteiger partial charge >= 0.3 is 0 Å². The summed E-state index contributed by atoms with van der Waals surface area (Å²) >= 11 is 1.85. The van der Waals surface area contributed by atoms with Crippen LogP contribution in [0.5, 0.6) is 0 Å². The van der Waals surface area contributed by atoms with Crippen molar-refractivity contribution in [1.82, 2.24) is 5.32 Å². The lowest BCUT2D eigenvalue weighted by Crippen LogP contribution is -2.42. The molecular weight excluding hydrogens is 233 g/mol. The Morgan fingerprint density at radius 2 is 2.18 bits per heavy atom. The zero-order valence-electron chi connectivity index (χ0n) is 10.1. The van der Waals surface area contributed by atoms with Gasteiger partial charge in [0.1, 0.15) is 5.82 Å². The minimum Gasteiger partial charge on any atom is -0.307 e. The van der Waals surface area contributed by atoms with Gasteiger partial charge in [0.05, 0.1) is 0 Å². The van der Waals surface area contributed by atoms with Crippen LogP contribution in [0.25, 0.3) is 0 Å². The van der Waals surface area contributed by atoms with Crippen LogP contribution in [-0.4, -0.2) is 11.8 Å². The van der Waals surface area contributed by atoms with Crippen molar-refractivity contribution in [3.05, 3.63) is 29.6 Å². The Morgan fingerprint density at radius 3 is 2.94 bits per heavy atom. The molecule has 0 bridgehead atoms. The van der Waals surface area contributed by atoms with Gasteiger partial charge in [0.15, 0.2) is 0 Å². The van der Waals surface area contributed by atoms with Gasteiger partial charge in [-0.1, -0.05) is 6.92 Å². The van der Waals surface area contributed by atoms with E-state index in [1.54, 1.807) is 12.1 Å². The van der Waals surface area contributed by atoms with Crippen LogP contribution < -0.4 is 5.32 Å². The number of fused-ring (bicyclic) bond motifs is 1. The molecule has 1 heterocycles. The number of hydrogen-bond donors (Lipinski definition) is 1. The molecule has 1 aliphatic heterocycles. The summed E-state index contributed by atoms with van der Waals surface area (Å²) in [6, 6.07) is 6.21. The van der Waals surface area contributed by atoms with E-state index in [0.717, 1.165) is 18.1 Å². The predicted molar refractivity (Wildman–Crippen MR) is 69.8 cm³/mol. The van der Waals surface area contributed by atoms with Crippen LogP contribution in [0.3, 0.4) is 0 Å². The summed E-state index contributed by atoms with van der Waals surface area (Å²) in [4.78, 5) is 1.25. The number of hydrogen-bond acceptors (Lipinski definition) is 2. The molecule has 0 aromatic heterocycles. The van der Waals surface area contributed by atoms with Gasteiger partial charge < -0.3 is 5.32 Å². The largest absolute Gasteiger partial charge is 0.307 e. The highest BCUT2D eigenvalue weighted by molar-refractivity contribution is 7.99. The third-order valence-corrected chi connectivity index (χ3v) is 4.94. The van der Waals surface area contributed by atoms with Crippen molar-refractivity contribution in [2.24, 2.45) is 5.92 Å². The summed E-state index contributed by atoms with van der Waals surface area (Å²) in [7, 11) is 0. The number of rotatable bonds is 2. The first kappa shape index (κ1) is 11.5. The first-order valence-corrected chi connectivity index (χ1v) is 7.39. The van der Waals surface area contributed by atoms with E-state index in [-0.39, 0.29) is 5.82 Å². The molecule has 1 saturated carbocycles. The quantitative estimate of drug-likeness (QED) is 0.859. The van der Waals surface area contributed by atoms with Gasteiger partial charge in [-0.15, -0.1) is 11.8 Å². The average Bonchev–Trinajstić information content (AvgIpc) is 2.28. The van der Waals surface area contributed by atoms with E-state index < -0.39 is 0 Å². The molecule has 1 N–H and O–H groups in total. The van der Waals surface area contributed by atoms with Gasteiger partial charge in [-0.2, -0.15) is 0 Å². The minimum absolute atomic E-state index is 0.111. The molecule has 92 valence electrons. The summed E-state index contributed by atoms with van der Waals surface area (Å²) in [5, 5.41) is 3.69. The van der Waals surface area contributed by atoms with Crippen LogP contribution in [0.1, 0.15) is 37.8 Å². The molecule has 3 heteroatoms. The van der Waals surface area contributed by atoms with Gasteiger partial charge in [-0.05, 0) is 54.7 Å². The number of nitrogens with one attached hydrogen (secondary N) is 1. The first-order valence-electron chi connectivity index (χ1n) is 6.40. The van der Waals surface area contributed by atoms with Crippen LogP contribution >= 0.6 is 11.8 Å². The lowest BCUT2D eigenvalue weighted by atomic mass is 9.81. The van der Waals surface area contributed by atoms with Crippen LogP contribution in [0.4, 0.5) is 4.39 Å². The lowest BCUT2D eigenvalue weighted by Gasteiger charge is -2.38. The molecule has 0 radical (unpaired) electrons. The van der Waals surface area contributed by atoms with Crippen molar-refractivity contribution in [3.63, 3.8) is 0 Å². The maximum Gasteiger partial charge on any atom is 0.123 e. The Kier molecular flexibility index (Phi) is 3.14. The highest BCUT2D eigenvalue weighted by atomic mass is 32.2. The molecule has 1 nitrogen and oxygen atoms in total. The second kappa shape index (κ2) is 4.62. The van der Waals surface area contributed by atoms with E-state index >= 15 is 0 Å². The fourth-order valence-corrected chi connectivity index (χ4v) is 3.97. The van der Waals surface area contributed by atoms with Crippen LogP contribution in [-0.2, 0) is 0 Å². The molecule has 0 amide bonds. The van der Waals surface area contributed by atoms with E-state index in [0.29, 0.717) is 12.1 Å². The first-order chi connectivity index (χ1) is 8.22. The monoisotopic (exact) mass is 251 g/mol. The van der Waals surface area contributed by atoms with Gasteiger partial charge in [0.2, 0.25) is 0 Å². The Balaban J connectivity index is 1.76. The van der Waals surface area contributed by atoms with Crippen LogP contribution in [0.2, 0.25) is 0 Å². The summed E-state index contributed by atoms with van der Waals surface area (Å²) in [6.07, 6.45) is 3.66. The van der Waals surface area contributed by atoms with Crippen molar-refractivity contribution in [2.75, 3.05) is 5.75 Å². The third-order valence-electron chi connectivity index (χ3n) is 3.82. The number of benzene rings is 1. The fourth-order valence-electron chi connectivity index (χ4n) is 2.86. The van der Waals surface area contributed by atoms with E-state index in [1.165, 1.54) is 23.3 Å². The average molecular weight is 251 g/mol. The fraction of sp³-hybridized carbons (Fsp3) is 0.571. The molecule has 17 heavy (non-hydrogen) atoms. The molecule has 0 spiro atoms. The standard InChI is InChI=1S/C14H18FNS/c1-9-6-11(7-9)16-13-4-5-17-14-3-2-10(15)8-12(13)14/h2-3,8-9,11,13,16H,4-7H2,1H3. The SMILES string of the molecule is CC1CC(NC2CCSc3ccc(F)cc32)C1. The van der Waals surface area contributed by atoms with Gasteiger partial charge in [0.25, 0.3) is 0 Å². The Hall–Kier alpha value is -0.540. The third kappa shape index (κ3) is 2.36. The molecule has 0 saturated heterocycles.